The third-order valence-electron chi connectivity index (χ3n) is 2.20. The Balaban J connectivity index is 3.13. The van der Waals surface area contributed by atoms with Crippen molar-refractivity contribution in [3.8, 4) is 0 Å². The maximum Gasteiger partial charge on any atom is 0.106 e. The first-order valence-corrected chi connectivity index (χ1v) is 4.84. The first kappa shape index (κ1) is 10.8. The van der Waals surface area contributed by atoms with Gasteiger partial charge in [-0.25, -0.2) is 0 Å². The van der Waals surface area contributed by atoms with Gasteiger partial charge < -0.3 is 4.84 Å². The van der Waals surface area contributed by atoms with Crippen LogP contribution in [-0.2, 0) is 4.84 Å². The number of rotatable bonds is 3. The zero-order valence-corrected chi connectivity index (χ0v) is 9.24. The zero-order chi connectivity index (χ0) is 10.6. The summed E-state index contributed by atoms with van der Waals surface area (Å²) in [4.78, 5) is 4.78. The van der Waals surface area contributed by atoms with Crippen LogP contribution < -0.4 is 0 Å². The van der Waals surface area contributed by atoms with E-state index in [4.69, 9.17) is 4.84 Å². The summed E-state index contributed by atoms with van der Waals surface area (Å²) in [6.07, 6.45) is 0. The smallest absolute Gasteiger partial charge is 0.106 e. The molecule has 0 aromatic heterocycles. The van der Waals surface area contributed by atoms with E-state index in [1.165, 1.54) is 11.1 Å². The van der Waals surface area contributed by atoms with Gasteiger partial charge in [0.25, 0.3) is 0 Å². The van der Waals surface area contributed by atoms with Gasteiger partial charge >= 0.3 is 0 Å². The molecular formula is C12H17NO. The highest BCUT2D eigenvalue weighted by Gasteiger charge is 2.07. The van der Waals surface area contributed by atoms with Gasteiger partial charge in [-0.2, -0.15) is 0 Å². The van der Waals surface area contributed by atoms with Crippen molar-refractivity contribution in [2.45, 2.75) is 26.7 Å². The highest BCUT2D eigenvalue weighted by molar-refractivity contribution is 5.99. The minimum absolute atomic E-state index is 0.508. The fourth-order valence-corrected chi connectivity index (χ4v) is 1.52. The molecular weight excluding hydrogens is 174 g/mol. The lowest BCUT2D eigenvalue weighted by molar-refractivity contribution is 0.213. The van der Waals surface area contributed by atoms with Crippen LogP contribution in [0.15, 0.2) is 29.4 Å². The molecule has 0 aliphatic carbocycles. The van der Waals surface area contributed by atoms with E-state index in [0.717, 1.165) is 5.71 Å². The van der Waals surface area contributed by atoms with Crippen LogP contribution >= 0.6 is 0 Å². The molecule has 0 heterocycles. The van der Waals surface area contributed by atoms with Crippen molar-refractivity contribution < 1.29 is 4.84 Å². The molecule has 1 aromatic carbocycles. The van der Waals surface area contributed by atoms with E-state index in [1.54, 1.807) is 7.11 Å². The van der Waals surface area contributed by atoms with E-state index < -0.39 is 0 Å². The van der Waals surface area contributed by atoms with Crippen molar-refractivity contribution in [2.24, 2.45) is 5.16 Å². The molecule has 0 saturated heterocycles. The predicted molar refractivity (Wildman–Crippen MR) is 59.8 cm³/mol. The molecule has 0 N–H and O–H groups in total. The second kappa shape index (κ2) is 4.80. The topological polar surface area (TPSA) is 21.6 Å². The van der Waals surface area contributed by atoms with Gasteiger partial charge in [0.1, 0.15) is 7.11 Å². The minimum Gasteiger partial charge on any atom is -0.399 e. The van der Waals surface area contributed by atoms with Crippen molar-refractivity contribution in [2.75, 3.05) is 7.11 Å². The van der Waals surface area contributed by atoms with Crippen LogP contribution in [0.4, 0.5) is 0 Å². The maximum absolute atomic E-state index is 4.78. The first-order chi connectivity index (χ1) is 6.66. The van der Waals surface area contributed by atoms with Crippen LogP contribution in [0.2, 0.25) is 0 Å². The second-order valence-corrected chi connectivity index (χ2v) is 3.60. The number of hydrogen-bond donors (Lipinski definition) is 0. The van der Waals surface area contributed by atoms with Gasteiger partial charge in [0.05, 0.1) is 5.71 Å². The highest BCUT2D eigenvalue weighted by atomic mass is 16.6. The summed E-state index contributed by atoms with van der Waals surface area (Å²) in [6.45, 7) is 6.32. The molecule has 76 valence electrons. The Morgan fingerprint density at radius 2 is 1.93 bits per heavy atom. The van der Waals surface area contributed by atoms with Gasteiger partial charge in [-0.3, -0.25) is 0 Å². The van der Waals surface area contributed by atoms with Crippen molar-refractivity contribution >= 4 is 5.71 Å². The fourth-order valence-electron chi connectivity index (χ4n) is 1.52. The van der Waals surface area contributed by atoms with Crippen LogP contribution in [0, 0.1) is 0 Å². The summed E-state index contributed by atoms with van der Waals surface area (Å²) in [7, 11) is 1.57. The Bertz CT molecular complexity index is 329. The van der Waals surface area contributed by atoms with Crippen molar-refractivity contribution in [3.63, 3.8) is 0 Å². The van der Waals surface area contributed by atoms with Gasteiger partial charge in [-0.1, -0.05) is 43.3 Å². The van der Waals surface area contributed by atoms with Gasteiger partial charge in [0.15, 0.2) is 0 Å². The van der Waals surface area contributed by atoms with Gasteiger partial charge in [-0.05, 0) is 18.4 Å². The van der Waals surface area contributed by atoms with E-state index in [-0.39, 0.29) is 0 Å². The monoisotopic (exact) mass is 191 g/mol. The second-order valence-electron chi connectivity index (χ2n) is 3.60. The van der Waals surface area contributed by atoms with Crippen LogP contribution in [0.3, 0.4) is 0 Å². The molecule has 0 bridgehead atoms. The van der Waals surface area contributed by atoms with Crippen LogP contribution in [0.25, 0.3) is 0 Å². The fraction of sp³-hybridized carbons (Fsp3) is 0.417. The Hall–Kier alpha value is -1.31. The molecule has 1 rings (SSSR count). The summed E-state index contributed by atoms with van der Waals surface area (Å²) in [5.41, 5.74) is 3.41. The molecule has 14 heavy (non-hydrogen) atoms. The molecule has 0 spiro atoms. The summed E-state index contributed by atoms with van der Waals surface area (Å²) >= 11 is 0. The Morgan fingerprint density at radius 3 is 2.50 bits per heavy atom. The van der Waals surface area contributed by atoms with E-state index in [0.29, 0.717) is 5.92 Å². The molecule has 0 unspecified atom stereocenters. The van der Waals surface area contributed by atoms with E-state index in [9.17, 15) is 0 Å². The maximum atomic E-state index is 4.78. The van der Waals surface area contributed by atoms with Crippen molar-refractivity contribution in [1.29, 1.82) is 0 Å². The highest BCUT2D eigenvalue weighted by Crippen LogP contribution is 2.19. The molecule has 2 nitrogen and oxygen atoms in total. The third-order valence-corrected chi connectivity index (χ3v) is 2.20. The quantitative estimate of drug-likeness (QED) is 0.531. The average Bonchev–Trinajstić information content (AvgIpc) is 2.18. The standard InChI is InChI=1S/C12H17NO/c1-9(2)11-7-5-6-8-12(11)10(3)13-14-4/h5-9H,1-4H3/b13-10+. The Labute approximate surface area is 85.6 Å². The lowest BCUT2D eigenvalue weighted by atomic mass is 9.95. The number of nitrogens with zero attached hydrogens (tertiary/aromatic N) is 1. The Kier molecular flexibility index (Phi) is 3.69. The van der Waals surface area contributed by atoms with Gasteiger partial charge in [0.2, 0.25) is 0 Å². The van der Waals surface area contributed by atoms with Crippen molar-refractivity contribution in [1.82, 2.24) is 0 Å². The Morgan fingerprint density at radius 1 is 1.29 bits per heavy atom. The molecule has 0 radical (unpaired) electrons. The number of oxime groups is 1. The molecule has 2 heteroatoms. The third kappa shape index (κ3) is 2.34. The largest absolute Gasteiger partial charge is 0.399 e. The summed E-state index contributed by atoms with van der Waals surface area (Å²) in [5.74, 6) is 0.508. The van der Waals surface area contributed by atoms with Crippen LogP contribution in [-0.4, -0.2) is 12.8 Å². The normalized spacial score (nSPS) is 11.9. The van der Waals surface area contributed by atoms with E-state index >= 15 is 0 Å². The van der Waals surface area contributed by atoms with E-state index in [1.807, 2.05) is 13.0 Å². The lowest BCUT2D eigenvalue weighted by Gasteiger charge is -2.11. The average molecular weight is 191 g/mol. The molecule has 0 fully saturated rings. The van der Waals surface area contributed by atoms with Crippen LogP contribution in [0.1, 0.15) is 37.8 Å². The first-order valence-electron chi connectivity index (χ1n) is 4.84. The van der Waals surface area contributed by atoms with Gasteiger partial charge in [0, 0.05) is 5.56 Å². The molecule has 0 amide bonds. The minimum atomic E-state index is 0.508. The molecule has 0 aliphatic rings. The van der Waals surface area contributed by atoms with Crippen LogP contribution in [0.5, 0.6) is 0 Å². The molecule has 0 atom stereocenters. The summed E-state index contributed by atoms with van der Waals surface area (Å²) in [6, 6.07) is 8.29. The number of hydrogen-bond acceptors (Lipinski definition) is 2. The predicted octanol–water partition coefficient (Wildman–Crippen LogP) is 3.18. The van der Waals surface area contributed by atoms with Gasteiger partial charge in [-0.15, -0.1) is 0 Å². The lowest BCUT2D eigenvalue weighted by Crippen LogP contribution is -2.02. The summed E-state index contributed by atoms with van der Waals surface area (Å²) in [5, 5.41) is 3.95. The molecule has 0 saturated carbocycles. The molecule has 1 aromatic rings. The van der Waals surface area contributed by atoms with Crippen molar-refractivity contribution in [3.05, 3.63) is 35.4 Å². The SMILES string of the molecule is CO/N=C(\C)c1ccccc1C(C)C. The number of benzene rings is 1. The molecule has 0 aliphatic heterocycles. The van der Waals surface area contributed by atoms with E-state index in [2.05, 4.69) is 37.2 Å². The zero-order valence-electron chi connectivity index (χ0n) is 9.24. The summed E-state index contributed by atoms with van der Waals surface area (Å²) < 4.78 is 0.